The predicted octanol–water partition coefficient (Wildman–Crippen LogP) is 3.01. The number of para-hydroxylation sites is 2. The van der Waals surface area contributed by atoms with Gasteiger partial charge in [-0.2, -0.15) is 5.10 Å². The van der Waals surface area contributed by atoms with Crippen molar-refractivity contribution >= 4 is 23.0 Å². The minimum Gasteiger partial charge on any atom is -0.484 e. The molecule has 23 heavy (non-hydrogen) atoms. The molecule has 0 aliphatic heterocycles. The van der Waals surface area contributed by atoms with Crippen molar-refractivity contribution in [2.45, 2.75) is 6.92 Å². The molecule has 2 aromatic carbocycles. The fourth-order valence-corrected chi connectivity index (χ4v) is 2.33. The van der Waals surface area contributed by atoms with E-state index in [-0.39, 0.29) is 12.5 Å². The minimum atomic E-state index is -0.303. The summed E-state index contributed by atoms with van der Waals surface area (Å²) in [6, 6.07) is 17.2. The van der Waals surface area contributed by atoms with Crippen LogP contribution in [0, 0.1) is 6.92 Å². The number of H-pyrrole nitrogens is 1. The lowest BCUT2D eigenvalue weighted by Gasteiger charge is -2.04. The van der Waals surface area contributed by atoms with Crippen molar-refractivity contribution in [2.24, 2.45) is 5.10 Å². The minimum absolute atomic E-state index is 0.0752. The maximum atomic E-state index is 11.7. The summed E-state index contributed by atoms with van der Waals surface area (Å²) in [5, 5.41) is 5.09. The SMILES string of the molecule is Cc1[nH]c2ccccc2c1/C=N/NC(=O)COc1ccccc1. The van der Waals surface area contributed by atoms with E-state index in [0.29, 0.717) is 5.75 Å². The van der Waals surface area contributed by atoms with E-state index in [4.69, 9.17) is 4.74 Å². The molecule has 0 bridgehead atoms. The number of carbonyl (C=O) groups is 1. The molecule has 0 aliphatic carbocycles. The lowest BCUT2D eigenvalue weighted by molar-refractivity contribution is -0.123. The average molecular weight is 307 g/mol. The number of fused-ring (bicyclic) bond motifs is 1. The number of hydrogen-bond donors (Lipinski definition) is 2. The second-order valence-electron chi connectivity index (χ2n) is 5.10. The molecular formula is C18H17N3O2. The van der Waals surface area contributed by atoms with Crippen LogP contribution in [0.5, 0.6) is 5.75 Å². The number of hydrogen-bond acceptors (Lipinski definition) is 3. The average Bonchev–Trinajstić information content (AvgIpc) is 2.90. The first-order valence-corrected chi connectivity index (χ1v) is 7.31. The van der Waals surface area contributed by atoms with E-state index >= 15 is 0 Å². The number of aromatic nitrogens is 1. The van der Waals surface area contributed by atoms with Crippen LogP contribution in [0.1, 0.15) is 11.3 Å². The van der Waals surface area contributed by atoms with Crippen LogP contribution in [-0.4, -0.2) is 23.7 Å². The van der Waals surface area contributed by atoms with E-state index < -0.39 is 0 Å². The lowest BCUT2D eigenvalue weighted by atomic mass is 10.1. The number of amides is 1. The van der Waals surface area contributed by atoms with Crippen molar-refractivity contribution < 1.29 is 9.53 Å². The second kappa shape index (κ2) is 6.79. The first-order valence-electron chi connectivity index (χ1n) is 7.31. The molecule has 0 unspecified atom stereocenters. The monoisotopic (exact) mass is 307 g/mol. The van der Waals surface area contributed by atoms with Gasteiger partial charge in [0, 0.05) is 22.2 Å². The maximum absolute atomic E-state index is 11.7. The van der Waals surface area contributed by atoms with Crippen molar-refractivity contribution in [1.82, 2.24) is 10.4 Å². The Morgan fingerprint density at radius 1 is 1.17 bits per heavy atom. The molecule has 0 spiro atoms. The highest BCUT2D eigenvalue weighted by molar-refractivity contribution is 6.00. The van der Waals surface area contributed by atoms with Gasteiger partial charge in [0.2, 0.25) is 0 Å². The van der Waals surface area contributed by atoms with Crippen LogP contribution in [0.2, 0.25) is 0 Å². The van der Waals surface area contributed by atoms with Gasteiger partial charge in [-0.15, -0.1) is 0 Å². The van der Waals surface area contributed by atoms with Crippen molar-refractivity contribution in [3.8, 4) is 5.75 Å². The first kappa shape index (κ1) is 14.8. The molecule has 0 aliphatic rings. The fraction of sp³-hybridized carbons (Fsp3) is 0.111. The standard InChI is InChI=1S/C18H17N3O2/c1-13-16(15-9-5-6-10-17(15)20-13)11-19-21-18(22)12-23-14-7-3-2-4-8-14/h2-11,20H,12H2,1H3,(H,21,22)/b19-11+. The molecule has 1 amide bonds. The number of aromatic amines is 1. The molecule has 3 aromatic rings. The smallest absolute Gasteiger partial charge is 0.277 e. The summed E-state index contributed by atoms with van der Waals surface area (Å²) in [4.78, 5) is 15.0. The summed E-state index contributed by atoms with van der Waals surface area (Å²) < 4.78 is 5.36. The summed E-state index contributed by atoms with van der Waals surface area (Å²) >= 11 is 0. The van der Waals surface area contributed by atoms with E-state index in [1.165, 1.54) is 0 Å². The summed E-state index contributed by atoms with van der Waals surface area (Å²) in [6.07, 6.45) is 1.65. The van der Waals surface area contributed by atoms with Crippen LogP contribution >= 0.6 is 0 Å². The Kier molecular flexibility index (Phi) is 4.38. The number of hydrazone groups is 1. The van der Waals surface area contributed by atoms with E-state index in [2.05, 4.69) is 15.5 Å². The number of nitrogens with zero attached hydrogens (tertiary/aromatic N) is 1. The van der Waals surface area contributed by atoms with Gasteiger partial charge in [-0.25, -0.2) is 5.43 Å². The summed E-state index contributed by atoms with van der Waals surface area (Å²) in [6.45, 7) is 1.90. The number of carbonyl (C=O) groups excluding carboxylic acids is 1. The van der Waals surface area contributed by atoms with Crippen molar-refractivity contribution in [1.29, 1.82) is 0 Å². The molecule has 5 nitrogen and oxygen atoms in total. The van der Waals surface area contributed by atoms with Gasteiger partial charge in [0.15, 0.2) is 6.61 Å². The summed E-state index contributed by atoms with van der Waals surface area (Å²) in [7, 11) is 0. The molecule has 0 fully saturated rings. The molecule has 0 atom stereocenters. The topological polar surface area (TPSA) is 66.5 Å². The third-order valence-corrected chi connectivity index (χ3v) is 3.44. The number of aryl methyl sites for hydroxylation is 1. The van der Waals surface area contributed by atoms with Crippen molar-refractivity contribution in [2.75, 3.05) is 6.61 Å². The lowest BCUT2D eigenvalue weighted by Crippen LogP contribution is -2.24. The van der Waals surface area contributed by atoms with E-state index in [1.54, 1.807) is 18.3 Å². The van der Waals surface area contributed by atoms with Gasteiger partial charge in [-0.1, -0.05) is 36.4 Å². The zero-order valence-electron chi connectivity index (χ0n) is 12.7. The number of rotatable bonds is 5. The molecule has 0 saturated carbocycles. The predicted molar refractivity (Wildman–Crippen MR) is 90.7 cm³/mol. The number of ether oxygens (including phenoxy) is 1. The van der Waals surface area contributed by atoms with Gasteiger partial charge in [-0.3, -0.25) is 4.79 Å². The number of nitrogens with one attached hydrogen (secondary N) is 2. The summed E-state index contributed by atoms with van der Waals surface area (Å²) in [5.74, 6) is 0.349. The highest BCUT2D eigenvalue weighted by atomic mass is 16.5. The number of benzene rings is 2. The normalized spacial score (nSPS) is 11.0. The van der Waals surface area contributed by atoms with E-state index in [0.717, 1.165) is 22.2 Å². The van der Waals surface area contributed by atoms with Crippen LogP contribution in [-0.2, 0) is 4.79 Å². The zero-order valence-corrected chi connectivity index (χ0v) is 12.7. The summed E-state index contributed by atoms with van der Waals surface area (Å²) in [5.41, 5.74) is 5.49. The highest BCUT2D eigenvalue weighted by Crippen LogP contribution is 2.19. The molecule has 1 heterocycles. The van der Waals surface area contributed by atoms with Crippen LogP contribution in [0.3, 0.4) is 0 Å². The molecule has 5 heteroatoms. The third kappa shape index (κ3) is 3.58. The Hall–Kier alpha value is -3.08. The molecule has 116 valence electrons. The molecular weight excluding hydrogens is 290 g/mol. The zero-order chi connectivity index (χ0) is 16.1. The van der Waals surface area contributed by atoms with Gasteiger partial charge in [0.05, 0.1) is 6.21 Å². The Morgan fingerprint density at radius 2 is 1.91 bits per heavy atom. The highest BCUT2D eigenvalue weighted by Gasteiger charge is 2.05. The maximum Gasteiger partial charge on any atom is 0.277 e. The van der Waals surface area contributed by atoms with Crippen LogP contribution in [0.15, 0.2) is 59.7 Å². The molecule has 2 N–H and O–H groups in total. The Bertz CT molecular complexity index is 838. The Morgan fingerprint density at radius 3 is 2.74 bits per heavy atom. The molecule has 0 saturated heterocycles. The van der Waals surface area contributed by atoms with Crippen LogP contribution < -0.4 is 10.2 Å². The quantitative estimate of drug-likeness (QED) is 0.562. The fourth-order valence-electron chi connectivity index (χ4n) is 2.33. The van der Waals surface area contributed by atoms with Crippen LogP contribution in [0.25, 0.3) is 10.9 Å². The molecule has 1 aromatic heterocycles. The Labute approximate surface area is 134 Å². The van der Waals surface area contributed by atoms with Crippen LogP contribution in [0.4, 0.5) is 0 Å². The largest absolute Gasteiger partial charge is 0.484 e. The van der Waals surface area contributed by atoms with Crippen molar-refractivity contribution in [3.63, 3.8) is 0 Å². The van der Waals surface area contributed by atoms with E-state index in [1.807, 2.05) is 49.4 Å². The van der Waals surface area contributed by atoms with E-state index in [9.17, 15) is 4.79 Å². The van der Waals surface area contributed by atoms with Gasteiger partial charge in [0.25, 0.3) is 5.91 Å². The van der Waals surface area contributed by atoms with Gasteiger partial charge in [0.1, 0.15) is 5.75 Å². The molecule has 0 radical (unpaired) electrons. The van der Waals surface area contributed by atoms with Gasteiger partial charge < -0.3 is 9.72 Å². The van der Waals surface area contributed by atoms with Gasteiger partial charge >= 0.3 is 0 Å². The third-order valence-electron chi connectivity index (χ3n) is 3.44. The first-order chi connectivity index (χ1) is 11.2. The second-order valence-corrected chi connectivity index (χ2v) is 5.10. The Balaban J connectivity index is 1.60. The molecule has 3 rings (SSSR count). The van der Waals surface area contributed by atoms with Gasteiger partial charge in [-0.05, 0) is 25.1 Å². The van der Waals surface area contributed by atoms with Crippen molar-refractivity contribution in [3.05, 3.63) is 65.9 Å².